The van der Waals surface area contributed by atoms with Gasteiger partial charge in [-0.3, -0.25) is 4.99 Å². The first kappa shape index (κ1) is 26.2. The van der Waals surface area contributed by atoms with Crippen LogP contribution in [0.2, 0.25) is 0 Å². The van der Waals surface area contributed by atoms with E-state index in [-0.39, 0.29) is 42.1 Å². The number of hydrogen-bond donors (Lipinski definition) is 2. The van der Waals surface area contributed by atoms with E-state index in [9.17, 15) is 17.6 Å². The number of guanidine groups is 1. The molecule has 1 aliphatic rings. The van der Waals surface area contributed by atoms with E-state index in [2.05, 4.69) is 15.6 Å². The molecule has 0 spiro atoms. The van der Waals surface area contributed by atoms with Gasteiger partial charge < -0.3 is 20.1 Å². The number of rotatable bonds is 7. The lowest BCUT2D eigenvalue weighted by atomic mass is 10.1. The van der Waals surface area contributed by atoms with Crippen molar-refractivity contribution in [3.63, 3.8) is 0 Å². The van der Waals surface area contributed by atoms with Crippen LogP contribution in [0.5, 0.6) is 5.75 Å². The lowest BCUT2D eigenvalue weighted by Gasteiger charge is -2.17. The van der Waals surface area contributed by atoms with Crippen molar-refractivity contribution in [2.24, 2.45) is 4.99 Å². The quantitative estimate of drug-likeness (QED) is 0.169. The number of halogens is 5. The van der Waals surface area contributed by atoms with Gasteiger partial charge in [0, 0.05) is 43.9 Å². The summed E-state index contributed by atoms with van der Waals surface area (Å²) in [5.74, 6) is -4.88. The van der Waals surface area contributed by atoms with E-state index in [1.54, 1.807) is 0 Å². The van der Waals surface area contributed by atoms with Crippen molar-refractivity contribution >= 4 is 29.9 Å². The second-order valence-electron chi connectivity index (χ2n) is 7.28. The smallest absolute Gasteiger partial charge is 0.191 e. The van der Waals surface area contributed by atoms with Crippen LogP contribution in [0.1, 0.15) is 29.5 Å². The standard InChI is InChI=1S/C22H25F4N3O2.HI/c1-13-5-6-14(19(8-13)31-12-15-4-3-7-30-15)10-28-22(27-2)29-11-16-20(25)17(23)9-18(24)21(16)26;/h5-6,8-9,15H,3-4,7,10-12H2,1-2H3,(H2,27,28,29);1H. The summed E-state index contributed by atoms with van der Waals surface area (Å²) in [5, 5.41) is 5.67. The van der Waals surface area contributed by atoms with E-state index in [0.29, 0.717) is 18.9 Å². The van der Waals surface area contributed by atoms with Crippen LogP contribution in [0.15, 0.2) is 29.3 Å². The molecule has 5 nitrogen and oxygen atoms in total. The zero-order valence-electron chi connectivity index (χ0n) is 17.8. The lowest BCUT2D eigenvalue weighted by Crippen LogP contribution is -2.37. The minimum absolute atomic E-state index is 0. The van der Waals surface area contributed by atoms with Gasteiger partial charge in [-0.2, -0.15) is 0 Å². The third kappa shape index (κ3) is 6.71. The molecule has 2 aromatic rings. The van der Waals surface area contributed by atoms with E-state index in [1.165, 1.54) is 7.05 Å². The molecular weight excluding hydrogens is 541 g/mol. The van der Waals surface area contributed by atoms with E-state index in [1.807, 2.05) is 25.1 Å². The molecule has 176 valence electrons. The Labute approximate surface area is 201 Å². The molecule has 0 radical (unpaired) electrons. The highest BCUT2D eigenvalue weighted by Crippen LogP contribution is 2.22. The Morgan fingerprint density at radius 2 is 1.78 bits per heavy atom. The van der Waals surface area contributed by atoms with Crippen molar-refractivity contribution in [2.75, 3.05) is 20.3 Å². The molecule has 0 amide bonds. The van der Waals surface area contributed by atoms with Crippen molar-refractivity contribution in [1.82, 2.24) is 10.6 Å². The van der Waals surface area contributed by atoms with Gasteiger partial charge >= 0.3 is 0 Å². The van der Waals surface area contributed by atoms with Gasteiger partial charge in [-0.05, 0) is 31.4 Å². The van der Waals surface area contributed by atoms with Crippen LogP contribution >= 0.6 is 24.0 Å². The highest BCUT2D eigenvalue weighted by Gasteiger charge is 2.19. The first-order valence-electron chi connectivity index (χ1n) is 9.99. The molecule has 1 atom stereocenters. The first-order chi connectivity index (χ1) is 14.9. The van der Waals surface area contributed by atoms with Gasteiger partial charge in [-0.1, -0.05) is 12.1 Å². The fourth-order valence-electron chi connectivity index (χ4n) is 3.25. The summed E-state index contributed by atoms with van der Waals surface area (Å²) in [5.41, 5.74) is 1.14. The molecule has 2 aromatic carbocycles. The molecule has 10 heteroatoms. The summed E-state index contributed by atoms with van der Waals surface area (Å²) in [6.45, 7) is 2.98. The fraction of sp³-hybridized carbons (Fsp3) is 0.409. The minimum Gasteiger partial charge on any atom is -0.491 e. The molecule has 1 heterocycles. The Morgan fingerprint density at radius 1 is 1.09 bits per heavy atom. The third-order valence-electron chi connectivity index (χ3n) is 4.98. The number of hydrogen-bond acceptors (Lipinski definition) is 3. The highest BCUT2D eigenvalue weighted by atomic mass is 127. The molecule has 1 saturated heterocycles. The van der Waals surface area contributed by atoms with Crippen LogP contribution < -0.4 is 15.4 Å². The topological polar surface area (TPSA) is 54.9 Å². The molecule has 2 N–H and O–H groups in total. The maximum absolute atomic E-state index is 13.8. The average molecular weight is 567 g/mol. The second-order valence-corrected chi connectivity index (χ2v) is 7.28. The molecular formula is C22H26F4IN3O2. The molecule has 3 rings (SSSR count). The van der Waals surface area contributed by atoms with E-state index < -0.39 is 35.4 Å². The van der Waals surface area contributed by atoms with Crippen LogP contribution in [0, 0.1) is 30.2 Å². The Kier molecular flexibility index (Phi) is 10.0. The second kappa shape index (κ2) is 12.2. The van der Waals surface area contributed by atoms with E-state index in [4.69, 9.17) is 9.47 Å². The van der Waals surface area contributed by atoms with Crippen LogP contribution in [-0.2, 0) is 17.8 Å². The molecule has 1 aliphatic heterocycles. The van der Waals surface area contributed by atoms with Gasteiger partial charge in [0.2, 0.25) is 0 Å². The SMILES string of the molecule is CN=C(NCc1ccc(C)cc1OCC1CCCO1)NCc1c(F)c(F)cc(F)c1F.I. The van der Waals surface area contributed by atoms with Crippen molar-refractivity contribution in [3.8, 4) is 5.75 Å². The summed E-state index contributed by atoms with van der Waals surface area (Å²) >= 11 is 0. The monoisotopic (exact) mass is 567 g/mol. The lowest BCUT2D eigenvalue weighted by molar-refractivity contribution is 0.0676. The molecule has 0 saturated carbocycles. The molecule has 0 aromatic heterocycles. The van der Waals surface area contributed by atoms with Gasteiger partial charge in [0.25, 0.3) is 0 Å². The number of ether oxygens (including phenoxy) is 2. The fourth-order valence-corrected chi connectivity index (χ4v) is 3.25. The van der Waals surface area contributed by atoms with Gasteiger partial charge in [-0.25, -0.2) is 17.6 Å². The van der Waals surface area contributed by atoms with Crippen LogP contribution in [0.25, 0.3) is 0 Å². The number of nitrogens with one attached hydrogen (secondary N) is 2. The van der Waals surface area contributed by atoms with Crippen molar-refractivity contribution in [2.45, 2.75) is 39.0 Å². The Hall–Kier alpha value is -2.08. The van der Waals surface area contributed by atoms with E-state index >= 15 is 0 Å². The minimum atomic E-state index is -1.45. The largest absolute Gasteiger partial charge is 0.491 e. The van der Waals surface area contributed by atoms with Crippen LogP contribution in [0.3, 0.4) is 0 Å². The molecule has 1 unspecified atom stereocenters. The number of benzene rings is 2. The Morgan fingerprint density at radius 3 is 2.41 bits per heavy atom. The third-order valence-corrected chi connectivity index (χ3v) is 4.98. The van der Waals surface area contributed by atoms with Crippen molar-refractivity contribution in [3.05, 3.63) is 64.2 Å². The number of nitrogens with zero attached hydrogens (tertiary/aromatic N) is 1. The van der Waals surface area contributed by atoms with Gasteiger partial charge in [0.1, 0.15) is 12.4 Å². The molecule has 1 fully saturated rings. The maximum atomic E-state index is 13.8. The average Bonchev–Trinajstić information content (AvgIpc) is 3.27. The molecule has 0 aliphatic carbocycles. The normalized spacial score (nSPS) is 15.9. The Bertz CT molecular complexity index is 927. The predicted molar refractivity (Wildman–Crippen MR) is 124 cm³/mol. The predicted octanol–water partition coefficient (Wildman–Crippen LogP) is 4.59. The maximum Gasteiger partial charge on any atom is 0.191 e. The molecule has 0 bridgehead atoms. The Balaban J connectivity index is 0.00000363. The number of aliphatic imine (C=N–C) groups is 1. The highest BCUT2D eigenvalue weighted by molar-refractivity contribution is 14.0. The summed E-state index contributed by atoms with van der Waals surface area (Å²) in [7, 11) is 1.47. The van der Waals surface area contributed by atoms with Crippen molar-refractivity contribution in [1.29, 1.82) is 0 Å². The summed E-state index contributed by atoms with van der Waals surface area (Å²) in [4.78, 5) is 3.98. The van der Waals surface area contributed by atoms with E-state index in [0.717, 1.165) is 30.6 Å². The molecule has 32 heavy (non-hydrogen) atoms. The zero-order valence-corrected chi connectivity index (χ0v) is 20.1. The van der Waals surface area contributed by atoms with Crippen LogP contribution in [-0.4, -0.2) is 32.3 Å². The van der Waals surface area contributed by atoms with Crippen molar-refractivity contribution < 1.29 is 27.0 Å². The van der Waals surface area contributed by atoms with Crippen LogP contribution in [0.4, 0.5) is 17.6 Å². The number of aryl methyl sites for hydroxylation is 1. The summed E-state index contributed by atoms with van der Waals surface area (Å²) < 4.78 is 66.0. The summed E-state index contributed by atoms with van der Waals surface area (Å²) in [6.07, 6.45) is 2.06. The zero-order chi connectivity index (χ0) is 22.4. The summed E-state index contributed by atoms with van der Waals surface area (Å²) in [6, 6.07) is 5.94. The van der Waals surface area contributed by atoms with Gasteiger partial charge in [-0.15, -0.1) is 24.0 Å². The van der Waals surface area contributed by atoms with Gasteiger partial charge in [0.05, 0.1) is 6.10 Å². The van der Waals surface area contributed by atoms with Gasteiger partial charge in [0.15, 0.2) is 29.2 Å². The first-order valence-corrected chi connectivity index (χ1v) is 9.99.